The van der Waals surface area contributed by atoms with Crippen LogP contribution in [0.25, 0.3) is 0 Å². The van der Waals surface area contributed by atoms with E-state index >= 15 is 0 Å². The molecule has 0 bridgehead atoms. The predicted octanol–water partition coefficient (Wildman–Crippen LogP) is 3.59. The van der Waals surface area contributed by atoms with Crippen LogP contribution in [0.2, 0.25) is 0 Å². The zero-order valence-electron chi connectivity index (χ0n) is 11.3. The van der Waals surface area contributed by atoms with E-state index in [9.17, 15) is 8.42 Å². The van der Waals surface area contributed by atoms with E-state index in [4.69, 9.17) is 4.55 Å². The van der Waals surface area contributed by atoms with Crippen molar-refractivity contribution < 1.29 is 13.0 Å². The van der Waals surface area contributed by atoms with Gasteiger partial charge in [-0.05, 0) is 31.4 Å². The molecule has 0 aliphatic heterocycles. The summed E-state index contributed by atoms with van der Waals surface area (Å²) in [5.41, 5.74) is 0.956. The summed E-state index contributed by atoms with van der Waals surface area (Å²) in [6, 6.07) is 5.99. The molecular weight excluding hydrogens is 268 g/mol. The van der Waals surface area contributed by atoms with Gasteiger partial charge in [-0.3, -0.25) is 4.55 Å². The first-order valence-electron chi connectivity index (χ1n) is 5.90. The molecule has 18 heavy (non-hydrogen) atoms. The van der Waals surface area contributed by atoms with E-state index in [0.29, 0.717) is 5.25 Å². The Balaban J connectivity index is 0.000000360. The van der Waals surface area contributed by atoms with Gasteiger partial charge < -0.3 is 0 Å². The minimum absolute atomic E-state index is 0.0666. The van der Waals surface area contributed by atoms with E-state index in [1.807, 2.05) is 6.92 Å². The van der Waals surface area contributed by atoms with Gasteiger partial charge in [0.05, 0.1) is 4.90 Å². The van der Waals surface area contributed by atoms with Crippen LogP contribution >= 0.6 is 12.6 Å². The molecule has 1 atom stereocenters. The lowest BCUT2D eigenvalue weighted by molar-refractivity contribution is 0.483. The zero-order chi connectivity index (χ0) is 14.3. The van der Waals surface area contributed by atoms with Gasteiger partial charge in [0.2, 0.25) is 0 Å². The van der Waals surface area contributed by atoms with Crippen molar-refractivity contribution >= 4 is 22.7 Å². The van der Waals surface area contributed by atoms with Gasteiger partial charge in [0.25, 0.3) is 10.1 Å². The molecule has 0 radical (unpaired) electrons. The Morgan fingerprint density at radius 2 is 1.67 bits per heavy atom. The summed E-state index contributed by atoms with van der Waals surface area (Å²) in [5.74, 6) is 0.730. The topological polar surface area (TPSA) is 54.4 Å². The molecular formula is C13H22O3S2. The highest BCUT2D eigenvalue weighted by Crippen LogP contribution is 2.11. The molecule has 104 valence electrons. The van der Waals surface area contributed by atoms with Crippen molar-refractivity contribution in [1.82, 2.24) is 0 Å². The van der Waals surface area contributed by atoms with Gasteiger partial charge in [-0.1, -0.05) is 38.5 Å². The first-order chi connectivity index (χ1) is 8.18. The third kappa shape index (κ3) is 7.03. The van der Waals surface area contributed by atoms with Crippen molar-refractivity contribution in [3.63, 3.8) is 0 Å². The van der Waals surface area contributed by atoms with E-state index in [0.717, 1.165) is 11.5 Å². The van der Waals surface area contributed by atoms with Crippen LogP contribution in [0.3, 0.4) is 0 Å². The van der Waals surface area contributed by atoms with Crippen molar-refractivity contribution in [3.8, 4) is 0 Å². The number of hydrogen-bond acceptors (Lipinski definition) is 3. The molecule has 0 aromatic heterocycles. The van der Waals surface area contributed by atoms with E-state index < -0.39 is 10.1 Å². The molecule has 5 heteroatoms. The minimum atomic E-state index is -4.02. The molecule has 1 N–H and O–H groups in total. The van der Waals surface area contributed by atoms with E-state index in [2.05, 4.69) is 33.4 Å². The Labute approximate surface area is 116 Å². The lowest BCUT2D eigenvalue weighted by Gasteiger charge is -2.09. The SMILES string of the molecule is CCC(S)C(C)C.Cc1ccc(S(=O)(=O)O)cc1. The molecule has 1 rings (SSSR count). The number of aryl methyl sites for hydroxylation is 1. The Kier molecular flexibility index (Phi) is 7.59. The standard InChI is InChI=1S/C7H8O3S.C6H14S/c1-6-2-4-7(5-3-6)11(8,9)10;1-4-6(7)5(2)3/h2-5H,1H3,(H,8,9,10);5-7H,4H2,1-3H3. The van der Waals surface area contributed by atoms with Crippen LogP contribution in [0.1, 0.15) is 32.8 Å². The Morgan fingerprint density at radius 3 is 1.89 bits per heavy atom. The normalized spacial score (nSPS) is 12.8. The molecule has 0 amide bonds. The average molecular weight is 290 g/mol. The fourth-order valence-electron chi connectivity index (χ4n) is 1.18. The summed E-state index contributed by atoms with van der Waals surface area (Å²) < 4.78 is 29.6. The molecule has 3 nitrogen and oxygen atoms in total. The summed E-state index contributed by atoms with van der Waals surface area (Å²) >= 11 is 4.32. The van der Waals surface area contributed by atoms with Crippen LogP contribution < -0.4 is 0 Å². The van der Waals surface area contributed by atoms with Crippen LogP contribution in [0, 0.1) is 12.8 Å². The maximum absolute atomic E-state index is 10.5. The van der Waals surface area contributed by atoms with Gasteiger partial charge in [0, 0.05) is 5.25 Å². The number of rotatable bonds is 3. The summed E-state index contributed by atoms with van der Waals surface area (Å²) in [7, 11) is -4.02. The Hall–Kier alpha value is -0.520. The second-order valence-corrected chi connectivity index (χ2v) is 6.59. The summed E-state index contributed by atoms with van der Waals surface area (Å²) in [4.78, 5) is -0.0666. The van der Waals surface area contributed by atoms with Gasteiger partial charge in [-0.15, -0.1) is 0 Å². The van der Waals surface area contributed by atoms with Crippen LogP contribution in [0.5, 0.6) is 0 Å². The maximum Gasteiger partial charge on any atom is 0.294 e. The van der Waals surface area contributed by atoms with Crippen molar-refractivity contribution in [2.24, 2.45) is 5.92 Å². The first-order valence-corrected chi connectivity index (χ1v) is 7.86. The Morgan fingerprint density at radius 1 is 1.22 bits per heavy atom. The summed E-state index contributed by atoms with van der Waals surface area (Å²) in [5, 5.41) is 0.597. The van der Waals surface area contributed by atoms with Gasteiger partial charge >= 0.3 is 0 Å². The molecule has 0 spiro atoms. The molecule has 0 aliphatic rings. The van der Waals surface area contributed by atoms with Crippen LogP contribution in [0.4, 0.5) is 0 Å². The van der Waals surface area contributed by atoms with E-state index in [1.165, 1.54) is 18.6 Å². The third-order valence-electron chi connectivity index (χ3n) is 2.51. The summed E-state index contributed by atoms with van der Waals surface area (Å²) in [6.07, 6.45) is 1.18. The highest BCUT2D eigenvalue weighted by atomic mass is 32.2. The van der Waals surface area contributed by atoms with Gasteiger partial charge in [0.1, 0.15) is 0 Å². The maximum atomic E-state index is 10.5. The minimum Gasteiger partial charge on any atom is -0.282 e. The highest BCUT2D eigenvalue weighted by molar-refractivity contribution is 7.85. The highest BCUT2D eigenvalue weighted by Gasteiger charge is 2.06. The zero-order valence-corrected chi connectivity index (χ0v) is 13.0. The lowest BCUT2D eigenvalue weighted by atomic mass is 10.1. The van der Waals surface area contributed by atoms with Gasteiger partial charge in [0.15, 0.2) is 0 Å². The lowest BCUT2D eigenvalue weighted by Crippen LogP contribution is -2.04. The quantitative estimate of drug-likeness (QED) is 0.660. The molecule has 1 aromatic rings. The molecule has 1 unspecified atom stereocenters. The number of hydrogen-bond donors (Lipinski definition) is 2. The predicted molar refractivity (Wildman–Crippen MR) is 78.9 cm³/mol. The second kappa shape index (κ2) is 7.81. The molecule has 0 fully saturated rings. The van der Waals surface area contributed by atoms with Crippen molar-refractivity contribution in [3.05, 3.63) is 29.8 Å². The van der Waals surface area contributed by atoms with Crippen molar-refractivity contribution in [2.45, 2.75) is 44.3 Å². The van der Waals surface area contributed by atoms with E-state index in [1.54, 1.807) is 12.1 Å². The smallest absolute Gasteiger partial charge is 0.282 e. The van der Waals surface area contributed by atoms with Crippen LogP contribution in [-0.2, 0) is 10.1 Å². The first kappa shape index (κ1) is 17.5. The second-order valence-electron chi connectivity index (χ2n) is 4.51. The van der Waals surface area contributed by atoms with Crippen LogP contribution in [-0.4, -0.2) is 18.2 Å². The van der Waals surface area contributed by atoms with Gasteiger partial charge in [-0.2, -0.15) is 21.0 Å². The number of benzene rings is 1. The van der Waals surface area contributed by atoms with Crippen molar-refractivity contribution in [1.29, 1.82) is 0 Å². The molecule has 1 aromatic carbocycles. The summed E-state index contributed by atoms with van der Waals surface area (Å²) in [6.45, 7) is 8.40. The van der Waals surface area contributed by atoms with Crippen LogP contribution in [0.15, 0.2) is 29.2 Å². The molecule has 0 saturated heterocycles. The molecule has 0 saturated carbocycles. The van der Waals surface area contributed by atoms with Gasteiger partial charge in [-0.25, -0.2) is 0 Å². The van der Waals surface area contributed by atoms with E-state index in [-0.39, 0.29) is 4.90 Å². The third-order valence-corrected chi connectivity index (χ3v) is 4.34. The fourth-order valence-corrected chi connectivity index (χ4v) is 1.66. The molecule has 0 aliphatic carbocycles. The monoisotopic (exact) mass is 290 g/mol. The number of thiol groups is 1. The largest absolute Gasteiger partial charge is 0.294 e. The fraction of sp³-hybridized carbons (Fsp3) is 0.538. The Bertz CT molecular complexity index is 436. The average Bonchev–Trinajstić information content (AvgIpc) is 2.28. The van der Waals surface area contributed by atoms with Crippen molar-refractivity contribution in [2.75, 3.05) is 0 Å². The molecule has 0 heterocycles.